The van der Waals surface area contributed by atoms with Gasteiger partial charge in [-0.3, -0.25) is 4.79 Å². The van der Waals surface area contributed by atoms with Gasteiger partial charge in [0, 0.05) is 16.8 Å². The number of fused-ring (bicyclic) bond motifs is 1. The van der Waals surface area contributed by atoms with Gasteiger partial charge in [-0.25, -0.2) is 4.68 Å². The summed E-state index contributed by atoms with van der Waals surface area (Å²) in [6, 6.07) is 32.0. The van der Waals surface area contributed by atoms with Gasteiger partial charge in [-0.2, -0.15) is 0 Å². The highest BCUT2D eigenvalue weighted by Crippen LogP contribution is 2.35. The summed E-state index contributed by atoms with van der Waals surface area (Å²) in [4.78, 5) is 12.9. The molecule has 1 aromatic heterocycles. The quantitative estimate of drug-likeness (QED) is 0.238. The van der Waals surface area contributed by atoms with E-state index in [4.69, 9.17) is 9.47 Å². The van der Waals surface area contributed by atoms with E-state index in [0.717, 1.165) is 45.8 Å². The predicted octanol–water partition coefficient (Wildman–Crippen LogP) is 6.00. The number of ether oxygens (including phenoxy) is 2. The molecule has 2 heterocycles. The largest absolute Gasteiger partial charge is 0.497 e. The number of nitrogens with zero attached hydrogens (tertiary/aromatic N) is 3. The Balaban J connectivity index is 1.15. The number of methoxy groups -OCH3 is 1. The molecule has 0 radical (unpaired) electrons. The number of carbonyl (C=O) groups excluding carboxylic acids is 1. The number of aromatic nitrogens is 3. The fourth-order valence-electron chi connectivity index (χ4n) is 4.74. The Bertz CT molecular complexity index is 1670. The predicted molar refractivity (Wildman–Crippen MR) is 155 cm³/mol. The van der Waals surface area contributed by atoms with Gasteiger partial charge in [0.05, 0.1) is 19.9 Å². The molecule has 1 amide bonds. The maximum Gasteiger partial charge on any atom is 0.256 e. The van der Waals surface area contributed by atoms with Crippen LogP contribution in [0.5, 0.6) is 11.5 Å². The van der Waals surface area contributed by atoms with E-state index in [9.17, 15) is 4.79 Å². The zero-order valence-electron chi connectivity index (χ0n) is 22.1. The first-order valence-electron chi connectivity index (χ1n) is 13.1. The maximum atomic E-state index is 12.9. The Kier molecular flexibility index (Phi) is 7.09. The van der Waals surface area contributed by atoms with E-state index in [0.29, 0.717) is 24.5 Å². The lowest BCUT2D eigenvalue weighted by Gasteiger charge is -2.07. The summed E-state index contributed by atoms with van der Waals surface area (Å²) >= 11 is 0. The number of rotatable bonds is 9. The summed E-state index contributed by atoms with van der Waals surface area (Å²) in [6.45, 7) is 0.953. The molecule has 0 aliphatic carbocycles. The van der Waals surface area contributed by atoms with E-state index in [1.165, 1.54) is 5.56 Å². The molecular formula is C33H28N4O3. The normalized spacial score (nSPS) is 13.2. The van der Waals surface area contributed by atoms with E-state index in [1.807, 2.05) is 72.9 Å². The lowest BCUT2D eigenvalue weighted by Crippen LogP contribution is -2.03. The summed E-state index contributed by atoms with van der Waals surface area (Å²) in [6.07, 6.45) is 4.56. The summed E-state index contributed by atoms with van der Waals surface area (Å²) in [5.74, 6) is 1.41. The zero-order valence-corrected chi connectivity index (χ0v) is 22.1. The third kappa shape index (κ3) is 5.78. The van der Waals surface area contributed by atoms with Crippen LogP contribution in [-0.4, -0.2) is 28.0 Å². The molecule has 0 unspecified atom stereocenters. The second kappa shape index (κ2) is 11.3. The molecular weight excluding hydrogens is 500 g/mol. The Labute approximate surface area is 232 Å². The number of hydrogen-bond acceptors (Lipinski definition) is 5. The summed E-state index contributed by atoms with van der Waals surface area (Å²) in [7, 11) is 1.66. The van der Waals surface area contributed by atoms with Crippen LogP contribution in [-0.2, 0) is 24.4 Å². The third-order valence-corrected chi connectivity index (χ3v) is 6.76. The van der Waals surface area contributed by atoms with E-state index < -0.39 is 0 Å². The molecule has 0 atom stereocenters. The third-order valence-electron chi connectivity index (χ3n) is 6.76. The van der Waals surface area contributed by atoms with Crippen LogP contribution >= 0.6 is 0 Å². The van der Waals surface area contributed by atoms with Crippen molar-refractivity contribution < 1.29 is 14.3 Å². The van der Waals surface area contributed by atoms with E-state index in [2.05, 4.69) is 52.0 Å². The SMILES string of the molecule is COc1ccc(Cc2ccc3c(c2)/C(=C\c2cccc(OCc4cn(Cc5ccccc5)nn4)c2)C(=O)N3)cc1. The number of carbonyl (C=O) groups is 1. The first-order valence-corrected chi connectivity index (χ1v) is 13.1. The maximum absolute atomic E-state index is 12.9. The van der Waals surface area contributed by atoms with Crippen LogP contribution in [0.2, 0.25) is 0 Å². The van der Waals surface area contributed by atoms with E-state index in [1.54, 1.807) is 11.8 Å². The van der Waals surface area contributed by atoms with Gasteiger partial charge in [-0.05, 0) is 71.1 Å². The number of nitrogens with one attached hydrogen (secondary N) is 1. The Morgan fingerprint density at radius 1 is 0.850 bits per heavy atom. The minimum Gasteiger partial charge on any atom is -0.497 e. The molecule has 7 nitrogen and oxygen atoms in total. The summed E-state index contributed by atoms with van der Waals surface area (Å²) < 4.78 is 13.1. The molecule has 1 aliphatic rings. The molecule has 1 aliphatic heterocycles. The second-order valence-electron chi connectivity index (χ2n) is 9.67. The van der Waals surface area contributed by atoms with Crippen molar-refractivity contribution in [2.24, 2.45) is 0 Å². The highest BCUT2D eigenvalue weighted by atomic mass is 16.5. The van der Waals surface area contributed by atoms with Crippen LogP contribution in [0.1, 0.15) is 33.5 Å². The molecule has 0 saturated heterocycles. The lowest BCUT2D eigenvalue weighted by atomic mass is 9.98. The van der Waals surface area contributed by atoms with Crippen molar-refractivity contribution in [1.82, 2.24) is 15.0 Å². The lowest BCUT2D eigenvalue weighted by molar-refractivity contribution is -0.110. The summed E-state index contributed by atoms with van der Waals surface area (Å²) in [5, 5.41) is 11.4. The number of hydrogen-bond donors (Lipinski definition) is 1. The van der Waals surface area contributed by atoms with Gasteiger partial charge in [0.1, 0.15) is 23.8 Å². The zero-order chi connectivity index (χ0) is 27.3. The van der Waals surface area contributed by atoms with Gasteiger partial charge >= 0.3 is 0 Å². The molecule has 0 spiro atoms. The van der Waals surface area contributed by atoms with Gasteiger partial charge in [0.25, 0.3) is 5.91 Å². The molecule has 0 saturated carbocycles. The van der Waals surface area contributed by atoms with Crippen molar-refractivity contribution in [1.29, 1.82) is 0 Å². The van der Waals surface area contributed by atoms with Crippen molar-refractivity contribution in [3.05, 3.63) is 137 Å². The molecule has 4 aromatic carbocycles. The van der Waals surface area contributed by atoms with Crippen LogP contribution in [0, 0.1) is 0 Å². The second-order valence-corrected chi connectivity index (χ2v) is 9.67. The van der Waals surface area contributed by atoms with Gasteiger partial charge in [-0.15, -0.1) is 5.10 Å². The molecule has 198 valence electrons. The fourth-order valence-corrected chi connectivity index (χ4v) is 4.74. The van der Waals surface area contributed by atoms with Crippen molar-refractivity contribution in [3.63, 3.8) is 0 Å². The molecule has 6 rings (SSSR count). The van der Waals surface area contributed by atoms with Gasteiger partial charge in [0.2, 0.25) is 0 Å². The average molecular weight is 529 g/mol. The molecule has 40 heavy (non-hydrogen) atoms. The van der Waals surface area contributed by atoms with Crippen LogP contribution in [0.3, 0.4) is 0 Å². The van der Waals surface area contributed by atoms with Crippen LogP contribution in [0.4, 0.5) is 5.69 Å². The van der Waals surface area contributed by atoms with Crippen molar-refractivity contribution in [3.8, 4) is 11.5 Å². The standard InChI is InChI=1S/C33H28N4O3/c1-39-28-13-10-23(11-14-28)16-26-12-15-32-30(18-26)31(33(38)34-32)19-25-8-5-9-29(17-25)40-22-27-21-37(36-35-27)20-24-6-3-2-4-7-24/h2-15,17-19,21H,16,20,22H2,1H3,(H,34,38)/b31-19+. The topological polar surface area (TPSA) is 78.3 Å². The number of amides is 1. The van der Waals surface area contributed by atoms with E-state index >= 15 is 0 Å². The van der Waals surface area contributed by atoms with Crippen molar-refractivity contribution in [2.45, 2.75) is 19.6 Å². The van der Waals surface area contributed by atoms with Crippen molar-refractivity contribution >= 4 is 23.2 Å². The van der Waals surface area contributed by atoms with Crippen LogP contribution < -0.4 is 14.8 Å². The summed E-state index contributed by atoms with van der Waals surface area (Å²) in [5.41, 5.74) is 7.44. The molecule has 7 heteroatoms. The highest BCUT2D eigenvalue weighted by molar-refractivity contribution is 6.35. The van der Waals surface area contributed by atoms with Crippen LogP contribution in [0.15, 0.2) is 103 Å². The van der Waals surface area contributed by atoms with E-state index in [-0.39, 0.29) is 5.91 Å². The first-order chi connectivity index (χ1) is 19.6. The fraction of sp³-hybridized carbons (Fsp3) is 0.121. The smallest absolute Gasteiger partial charge is 0.256 e. The average Bonchev–Trinajstić information content (AvgIpc) is 3.56. The Morgan fingerprint density at radius 3 is 2.50 bits per heavy atom. The molecule has 5 aromatic rings. The highest BCUT2D eigenvalue weighted by Gasteiger charge is 2.24. The Hall–Kier alpha value is -5.17. The number of anilines is 1. The minimum atomic E-state index is -0.113. The van der Waals surface area contributed by atoms with Gasteiger partial charge in [0.15, 0.2) is 0 Å². The monoisotopic (exact) mass is 528 g/mol. The molecule has 0 fully saturated rings. The Morgan fingerprint density at radius 2 is 1.68 bits per heavy atom. The van der Waals surface area contributed by atoms with Crippen molar-refractivity contribution in [2.75, 3.05) is 12.4 Å². The molecule has 1 N–H and O–H groups in total. The number of benzene rings is 4. The minimum absolute atomic E-state index is 0.113. The van der Waals surface area contributed by atoms with Gasteiger partial charge in [-0.1, -0.05) is 65.9 Å². The van der Waals surface area contributed by atoms with Gasteiger partial charge < -0.3 is 14.8 Å². The van der Waals surface area contributed by atoms with Crippen LogP contribution in [0.25, 0.3) is 11.6 Å². The first kappa shape index (κ1) is 25.1. The molecule has 0 bridgehead atoms.